The number of aromatic nitrogens is 1. The van der Waals surface area contributed by atoms with Gasteiger partial charge in [-0.1, -0.05) is 0 Å². The van der Waals surface area contributed by atoms with Gasteiger partial charge in [0.15, 0.2) is 17.3 Å². The van der Waals surface area contributed by atoms with Gasteiger partial charge in [-0.25, -0.2) is 4.98 Å². The zero-order chi connectivity index (χ0) is 11.5. The van der Waals surface area contributed by atoms with Crippen LogP contribution in [-0.2, 0) is 0 Å². The van der Waals surface area contributed by atoms with E-state index in [0.717, 1.165) is 5.52 Å². The van der Waals surface area contributed by atoms with Crippen molar-refractivity contribution in [1.82, 2.24) is 4.98 Å². The SMILES string of the molecule is Cc1nc2ccc(C(=O)CCCN)cc2o1. The minimum Gasteiger partial charge on any atom is -0.441 e. The Bertz CT molecular complexity index is 517. The van der Waals surface area contributed by atoms with Crippen LogP contribution in [0.1, 0.15) is 29.1 Å². The quantitative estimate of drug-likeness (QED) is 0.797. The summed E-state index contributed by atoms with van der Waals surface area (Å²) in [7, 11) is 0. The van der Waals surface area contributed by atoms with E-state index in [-0.39, 0.29) is 5.78 Å². The number of carbonyl (C=O) groups excluding carboxylic acids is 1. The summed E-state index contributed by atoms with van der Waals surface area (Å²) in [5.74, 6) is 0.711. The van der Waals surface area contributed by atoms with Crippen LogP contribution in [0.5, 0.6) is 0 Å². The lowest BCUT2D eigenvalue weighted by Gasteiger charge is -1.98. The number of rotatable bonds is 4. The van der Waals surface area contributed by atoms with Crippen LogP contribution in [-0.4, -0.2) is 17.3 Å². The van der Waals surface area contributed by atoms with E-state index in [1.807, 2.05) is 6.07 Å². The Kier molecular flexibility index (Phi) is 3.01. The number of aryl methyl sites for hydroxylation is 1. The van der Waals surface area contributed by atoms with Gasteiger partial charge < -0.3 is 10.2 Å². The topological polar surface area (TPSA) is 69.1 Å². The van der Waals surface area contributed by atoms with Gasteiger partial charge in [-0.2, -0.15) is 0 Å². The summed E-state index contributed by atoms with van der Waals surface area (Å²) in [4.78, 5) is 15.9. The van der Waals surface area contributed by atoms with E-state index in [1.165, 1.54) is 0 Å². The molecule has 0 aliphatic heterocycles. The number of benzene rings is 1. The third-order valence-electron chi connectivity index (χ3n) is 2.43. The molecule has 1 aromatic heterocycles. The molecule has 0 aliphatic carbocycles. The lowest BCUT2D eigenvalue weighted by Crippen LogP contribution is -2.04. The van der Waals surface area contributed by atoms with Crippen molar-refractivity contribution in [3.8, 4) is 0 Å². The van der Waals surface area contributed by atoms with Gasteiger partial charge in [-0.3, -0.25) is 4.79 Å². The van der Waals surface area contributed by atoms with Gasteiger partial charge >= 0.3 is 0 Å². The first-order valence-electron chi connectivity index (χ1n) is 5.31. The summed E-state index contributed by atoms with van der Waals surface area (Å²) >= 11 is 0. The Hall–Kier alpha value is -1.68. The van der Waals surface area contributed by atoms with Crippen LogP contribution in [0.4, 0.5) is 0 Å². The average molecular weight is 218 g/mol. The highest BCUT2D eigenvalue weighted by atomic mass is 16.3. The molecule has 0 unspecified atom stereocenters. The molecule has 0 saturated heterocycles. The Balaban J connectivity index is 2.28. The van der Waals surface area contributed by atoms with Crippen LogP contribution >= 0.6 is 0 Å². The molecule has 2 aromatic rings. The van der Waals surface area contributed by atoms with Gasteiger partial charge in [0.05, 0.1) is 0 Å². The molecule has 16 heavy (non-hydrogen) atoms. The second-order valence-corrected chi connectivity index (χ2v) is 3.73. The average Bonchev–Trinajstić information content (AvgIpc) is 2.64. The highest BCUT2D eigenvalue weighted by molar-refractivity contribution is 5.98. The summed E-state index contributed by atoms with van der Waals surface area (Å²) in [6.45, 7) is 2.32. The lowest BCUT2D eigenvalue weighted by atomic mass is 10.1. The van der Waals surface area contributed by atoms with Crippen molar-refractivity contribution in [3.63, 3.8) is 0 Å². The number of carbonyl (C=O) groups is 1. The summed E-state index contributed by atoms with van der Waals surface area (Å²) in [6.07, 6.45) is 1.20. The van der Waals surface area contributed by atoms with Gasteiger partial charge in [0.25, 0.3) is 0 Å². The van der Waals surface area contributed by atoms with Crippen molar-refractivity contribution < 1.29 is 9.21 Å². The van der Waals surface area contributed by atoms with Crippen molar-refractivity contribution in [2.75, 3.05) is 6.54 Å². The molecule has 0 radical (unpaired) electrons. The number of oxazole rings is 1. The summed E-state index contributed by atoms with van der Waals surface area (Å²) in [5.41, 5.74) is 7.48. The monoisotopic (exact) mass is 218 g/mol. The van der Waals surface area contributed by atoms with Crippen molar-refractivity contribution in [2.24, 2.45) is 5.73 Å². The molecule has 1 aromatic carbocycles. The smallest absolute Gasteiger partial charge is 0.192 e. The zero-order valence-corrected chi connectivity index (χ0v) is 9.19. The number of ketones is 1. The van der Waals surface area contributed by atoms with Crippen molar-refractivity contribution in [1.29, 1.82) is 0 Å². The lowest BCUT2D eigenvalue weighted by molar-refractivity contribution is 0.0981. The molecule has 4 nitrogen and oxygen atoms in total. The van der Waals surface area contributed by atoms with Gasteiger partial charge in [-0.15, -0.1) is 0 Å². The van der Waals surface area contributed by atoms with E-state index in [2.05, 4.69) is 4.98 Å². The van der Waals surface area contributed by atoms with Crippen LogP contribution in [0.25, 0.3) is 11.1 Å². The molecule has 4 heteroatoms. The second kappa shape index (κ2) is 4.45. The summed E-state index contributed by atoms with van der Waals surface area (Å²) in [6, 6.07) is 5.33. The molecule has 0 bridgehead atoms. The molecular formula is C12H14N2O2. The van der Waals surface area contributed by atoms with Gasteiger partial charge in [0.1, 0.15) is 5.52 Å². The van der Waals surface area contributed by atoms with E-state index < -0.39 is 0 Å². The van der Waals surface area contributed by atoms with Crippen LogP contribution in [0.2, 0.25) is 0 Å². The van der Waals surface area contributed by atoms with Crippen LogP contribution in [0.3, 0.4) is 0 Å². The Morgan fingerprint density at radius 3 is 3.06 bits per heavy atom. The first kappa shape index (κ1) is 10.8. The highest BCUT2D eigenvalue weighted by Gasteiger charge is 2.08. The Labute approximate surface area is 93.5 Å². The second-order valence-electron chi connectivity index (χ2n) is 3.73. The normalized spacial score (nSPS) is 10.9. The van der Waals surface area contributed by atoms with Gasteiger partial charge in [0, 0.05) is 18.9 Å². The fourth-order valence-electron chi connectivity index (χ4n) is 1.62. The molecular weight excluding hydrogens is 204 g/mol. The molecule has 0 saturated carbocycles. The summed E-state index contributed by atoms with van der Waals surface area (Å²) < 4.78 is 5.38. The van der Waals surface area contributed by atoms with E-state index in [1.54, 1.807) is 19.1 Å². The van der Waals surface area contributed by atoms with E-state index in [0.29, 0.717) is 36.4 Å². The zero-order valence-electron chi connectivity index (χ0n) is 9.19. The molecule has 0 atom stereocenters. The largest absolute Gasteiger partial charge is 0.441 e. The van der Waals surface area contributed by atoms with Crippen molar-refractivity contribution >= 4 is 16.9 Å². The van der Waals surface area contributed by atoms with Gasteiger partial charge in [0.2, 0.25) is 0 Å². The third-order valence-corrected chi connectivity index (χ3v) is 2.43. The molecule has 0 amide bonds. The van der Waals surface area contributed by atoms with E-state index in [9.17, 15) is 4.79 Å². The number of hydrogen-bond donors (Lipinski definition) is 1. The highest BCUT2D eigenvalue weighted by Crippen LogP contribution is 2.18. The first-order chi connectivity index (χ1) is 7.70. The molecule has 1 heterocycles. The molecule has 2 rings (SSSR count). The van der Waals surface area contributed by atoms with E-state index >= 15 is 0 Å². The molecule has 0 spiro atoms. The van der Waals surface area contributed by atoms with Crippen LogP contribution < -0.4 is 5.73 Å². The minimum absolute atomic E-state index is 0.0985. The maximum absolute atomic E-state index is 11.7. The number of nitrogens with two attached hydrogens (primary N) is 1. The van der Waals surface area contributed by atoms with Crippen LogP contribution in [0, 0.1) is 6.92 Å². The van der Waals surface area contributed by atoms with Crippen molar-refractivity contribution in [2.45, 2.75) is 19.8 Å². The van der Waals surface area contributed by atoms with Crippen molar-refractivity contribution in [3.05, 3.63) is 29.7 Å². The molecule has 84 valence electrons. The number of hydrogen-bond acceptors (Lipinski definition) is 4. The Morgan fingerprint density at radius 1 is 1.50 bits per heavy atom. The predicted molar refractivity (Wildman–Crippen MR) is 61.4 cm³/mol. The molecule has 0 aliphatic rings. The predicted octanol–water partition coefficient (Wildman–Crippen LogP) is 2.06. The maximum Gasteiger partial charge on any atom is 0.192 e. The molecule has 2 N–H and O–H groups in total. The Morgan fingerprint density at radius 2 is 2.31 bits per heavy atom. The number of nitrogens with zero attached hydrogens (tertiary/aromatic N) is 1. The number of Topliss-reactive ketones (excluding diaryl/α,β-unsaturated/α-hetero) is 1. The standard InChI is InChI=1S/C12H14N2O2/c1-8-14-10-5-4-9(7-12(10)16-8)11(15)3-2-6-13/h4-5,7H,2-3,6,13H2,1H3. The minimum atomic E-state index is 0.0985. The van der Waals surface area contributed by atoms with Crippen LogP contribution in [0.15, 0.2) is 22.6 Å². The fraction of sp³-hybridized carbons (Fsp3) is 0.333. The van der Waals surface area contributed by atoms with Gasteiger partial charge in [-0.05, 0) is 31.2 Å². The molecule has 0 fully saturated rings. The van der Waals surface area contributed by atoms with E-state index in [4.69, 9.17) is 10.2 Å². The third kappa shape index (κ3) is 2.12. The first-order valence-corrected chi connectivity index (χ1v) is 5.31. The maximum atomic E-state index is 11.7. The fourth-order valence-corrected chi connectivity index (χ4v) is 1.62. The number of fused-ring (bicyclic) bond motifs is 1. The summed E-state index contributed by atoms with van der Waals surface area (Å²) in [5, 5.41) is 0.